The Morgan fingerprint density at radius 3 is 2.43 bits per heavy atom. The van der Waals surface area contributed by atoms with Crippen LogP contribution >= 0.6 is 0 Å². The smallest absolute Gasteiger partial charge is 0.335 e. The number of ether oxygens (including phenoxy) is 1. The molecule has 1 heterocycles. The van der Waals surface area contributed by atoms with Gasteiger partial charge in [0.2, 0.25) is 0 Å². The Kier molecular flexibility index (Phi) is 4.13. The fraction of sp³-hybridized carbons (Fsp3) is 0.429. The van der Waals surface area contributed by atoms with Crippen molar-refractivity contribution in [3.63, 3.8) is 0 Å². The van der Waals surface area contributed by atoms with Gasteiger partial charge in [-0.2, -0.15) is 0 Å². The number of carboxylic acids is 1. The highest BCUT2D eigenvalue weighted by Gasteiger charge is 2.40. The molecule has 1 aliphatic heterocycles. The fourth-order valence-electron chi connectivity index (χ4n) is 2.28. The predicted octanol–water partition coefficient (Wildman–Crippen LogP) is 0.886. The molecule has 0 atom stereocenters. The molecule has 0 aromatic heterocycles. The number of likely N-dealkylation sites (tertiary alicyclic amines) is 1. The molecule has 1 aliphatic rings. The molecule has 2 rings (SSSR count). The lowest BCUT2D eigenvalue weighted by molar-refractivity contribution is -0.162. The Balaban J connectivity index is 2.09. The van der Waals surface area contributed by atoms with Crippen molar-refractivity contribution < 1.29 is 28.9 Å². The average molecular weight is 297 g/mol. The third-order valence-corrected chi connectivity index (χ3v) is 3.67. The first-order chi connectivity index (χ1) is 9.87. The van der Waals surface area contributed by atoms with Crippen LogP contribution in [0.1, 0.15) is 23.2 Å². The van der Waals surface area contributed by atoms with Gasteiger partial charge in [-0.15, -0.1) is 0 Å². The molecule has 0 saturated carbocycles. The second-order valence-electron chi connectivity index (χ2n) is 4.98. The summed E-state index contributed by atoms with van der Waals surface area (Å²) >= 11 is 0. The summed E-state index contributed by atoms with van der Waals surface area (Å²) in [4.78, 5) is 24.5. The molecule has 21 heavy (non-hydrogen) atoms. The molecular weight excluding hydrogens is 281 g/mol. The highest BCUT2D eigenvalue weighted by atomic mass is 19.1. The van der Waals surface area contributed by atoms with Gasteiger partial charge in [-0.1, -0.05) is 0 Å². The molecule has 2 N–H and O–H groups in total. The molecular formula is C14H16FNO5. The number of rotatable bonds is 3. The largest absolute Gasteiger partial charge is 0.494 e. The zero-order valence-corrected chi connectivity index (χ0v) is 11.5. The summed E-state index contributed by atoms with van der Waals surface area (Å²) in [7, 11) is 1.33. The number of piperidine rings is 1. The number of hydrogen-bond donors (Lipinski definition) is 2. The molecule has 0 radical (unpaired) electrons. The summed E-state index contributed by atoms with van der Waals surface area (Å²) in [6.07, 6.45) is -0.0978. The number of halogens is 1. The van der Waals surface area contributed by atoms with Gasteiger partial charge in [0.05, 0.1) is 7.11 Å². The number of carbonyl (C=O) groups excluding carboxylic acids is 1. The summed E-state index contributed by atoms with van der Waals surface area (Å²) < 4.78 is 18.4. The van der Waals surface area contributed by atoms with Gasteiger partial charge in [0, 0.05) is 31.5 Å². The first-order valence-corrected chi connectivity index (χ1v) is 6.46. The Hall–Kier alpha value is -2.15. The third-order valence-electron chi connectivity index (χ3n) is 3.67. The normalized spacial score (nSPS) is 17.4. The minimum atomic E-state index is -1.79. The summed E-state index contributed by atoms with van der Waals surface area (Å²) in [5, 5.41) is 18.7. The van der Waals surface area contributed by atoms with Crippen LogP contribution in [0.25, 0.3) is 0 Å². The standard InChI is InChI=1S/C14H16FNO5/c1-21-11-3-2-9(8-10(11)15)12(17)16-6-4-14(20,5-7-16)13(18)19/h2-3,8,20H,4-7H2,1H3,(H,18,19). The van der Waals surface area contributed by atoms with Gasteiger partial charge in [0.1, 0.15) is 0 Å². The minimum Gasteiger partial charge on any atom is -0.494 e. The van der Waals surface area contributed by atoms with Crippen LogP contribution in [-0.2, 0) is 4.79 Å². The molecule has 1 saturated heterocycles. The number of aliphatic hydroxyl groups is 1. The van der Waals surface area contributed by atoms with E-state index in [1.165, 1.54) is 24.1 Å². The quantitative estimate of drug-likeness (QED) is 0.865. The number of aliphatic carboxylic acids is 1. The maximum absolute atomic E-state index is 13.6. The van der Waals surface area contributed by atoms with Crippen LogP contribution in [0.4, 0.5) is 4.39 Å². The SMILES string of the molecule is COc1ccc(C(=O)N2CCC(O)(C(=O)O)CC2)cc1F. The van der Waals surface area contributed by atoms with Gasteiger partial charge in [-0.25, -0.2) is 9.18 Å². The fourth-order valence-corrected chi connectivity index (χ4v) is 2.28. The van der Waals surface area contributed by atoms with Crippen LogP contribution in [0, 0.1) is 5.82 Å². The molecule has 0 unspecified atom stereocenters. The van der Waals surface area contributed by atoms with Gasteiger partial charge < -0.3 is 19.8 Å². The van der Waals surface area contributed by atoms with Crippen molar-refractivity contribution >= 4 is 11.9 Å². The van der Waals surface area contributed by atoms with Gasteiger partial charge >= 0.3 is 5.97 Å². The van der Waals surface area contributed by atoms with Crippen LogP contribution in [0.3, 0.4) is 0 Å². The van der Waals surface area contributed by atoms with Crippen LogP contribution in [-0.4, -0.2) is 52.8 Å². The number of amides is 1. The number of methoxy groups -OCH3 is 1. The Morgan fingerprint density at radius 2 is 1.95 bits per heavy atom. The topological polar surface area (TPSA) is 87.1 Å². The van der Waals surface area contributed by atoms with Crippen molar-refractivity contribution in [1.29, 1.82) is 0 Å². The van der Waals surface area contributed by atoms with Crippen molar-refractivity contribution in [2.75, 3.05) is 20.2 Å². The molecule has 114 valence electrons. The van der Waals surface area contributed by atoms with Gasteiger partial charge in [-0.05, 0) is 18.2 Å². The third kappa shape index (κ3) is 2.97. The van der Waals surface area contributed by atoms with Crippen LogP contribution in [0.15, 0.2) is 18.2 Å². The Labute approximate surface area is 120 Å². The van der Waals surface area contributed by atoms with Crippen LogP contribution in [0.2, 0.25) is 0 Å². The Morgan fingerprint density at radius 1 is 1.33 bits per heavy atom. The summed E-state index contributed by atoms with van der Waals surface area (Å²) in [5.41, 5.74) is -1.63. The van der Waals surface area contributed by atoms with E-state index in [1.807, 2.05) is 0 Å². The van der Waals surface area contributed by atoms with Crippen LogP contribution < -0.4 is 4.74 Å². The molecule has 0 bridgehead atoms. The first-order valence-electron chi connectivity index (χ1n) is 6.46. The predicted molar refractivity (Wildman–Crippen MR) is 70.7 cm³/mol. The van der Waals surface area contributed by atoms with E-state index in [4.69, 9.17) is 9.84 Å². The number of carbonyl (C=O) groups is 2. The van der Waals surface area contributed by atoms with Gasteiger partial charge in [0.15, 0.2) is 17.2 Å². The molecule has 0 spiro atoms. The Bertz CT molecular complexity index is 566. The molecule has 1 fully saturated rings. The number of hydrogen-bond acceptors (Lipinski definition) is 4. The lowest BCUT2D eigenvalue weighted by Gasteiger charge is -2.35. The lowest BCUT2D eigenvalue weighted by Crippen LogP contribution is -2.50. The molecule has 1 amide bonds. The first kappa shape index (κ1) is 15.2. The summed E-state index contributed by atoms with van der Waals surface area (Å²) in [6, 6.07) is 3.89. The van der Waals surface area contributed by atoms with E-state index in [2.05, 4.69) is 0 Å². The monoisotopic (exact) mass is 297 g/mol. The van der Waals surface area contributed by atoms with Crippen LogP contribution in [0.5, 0.6) is 5.75 Å². The number of nitrogens with zero attached hydrogens (tertiary/aromatic N) is 1. The highest BCUT2D eigenvalue weighted by molar-refractivity contribution is 5.94. The maximum Gasteiger partial charge on any atom is 0.335 e. The van der Waals surface area contributed by atoms with Gasteiger partial charge in [0.25, 0.3) is 5.91 Å². The van der Waals surface area contributed by atoms with Crippen molar-refractivity contribution in [3.8, 4) is 5.75 Å². The summed E-state index contributed by atoms with van der Waals surface area (Å²) in [5.74, 6) is -2.28. The van der Waals surface area contributed by atoms with Crippen molar-refractivity contribution in [2.24, 2.45) is 0 Å². The van der Waals surface area contributed by atoms with Crippen molar-refractivity contribution in [1.82, 2.24) is 4.90 Å². The average Bonchev–Trinajstić information content (AvgIpc) is 2.47. The van der Waals surface area contributed by atoms with E-state index in [1.54, 1.807) is 0 Å². The van der Waals surface area contributed by atoms with E-state index in [9.17, 15) is 19.1 Å². The van der Waals surface area contributed by atoms with E-state index >= 15 is 0 Å². The van der Waals surface area contributed by atoms with E-state index < -0.39 is 23.3 Å². The zero-order valence-electron chi connectivity index (χ0n) is 11.5. The number of carboxylic acid groups (broad SMARTS) is 1. The highest BCUT2D eigenvalue weighted by Crippen LogP contribution is 2.25. The second kappa shape index (κ2) is 5.69. The minimum absolute atomic E-state index is 0.0467. The van der Waals surface area contributed by atoms with E-state index in [0.29, 0.717) is 0 Å². The van der Waals surface area contributed by atoms with E-state index in [0.717, 1.165) is 6.07 Å². The number of benzene rings is 1. The molecule has 0 aliphatic carbocycles. The maximum atomic E-state index is 13.6. The van der Waals surface area contributed by atoms with Crippen molar-refractivity contribution in [3.05, 3.63) is 29.6 Å². The molecule has 6 nitrogen and oxygen atoms in total. The zero-order chi connectivity index (χ0) is 15.6. The van der Waals surface area contributed by atoms with Crippen molar-refractivity contribution in [2.45, 2.75) is 18.4 Å². The summed E-state index contributed by atoms with van der Waals surface area (Å²) in [6.45, 7) is 0.213. The molecule has 1 aromatic rings. The van der Waals surface area contributed by atoms with E-state index in [-0.39, 0.29) is 37.2 Å². The second-order valence-corrected chi connectivity index (χ2v) is 4.98. The molecule has 7 heteroatoms. The van der Waals surface area contributed by atoms with Gasteiger partial charge in [-0.3, -0.25) is 4.79 Å². The molecule has 1 aromatic carbocycles. The lowest BCUT2D eigenvalue weighted by atomic mass is 9.91.